The van der Waals surface area contributed by atoms with E-state index < -0.39 is 11.6 Å². The van der Waals surface area contributed by atoms with Crippen LogP contribution in [0.2, 0.25) is 0 Å². The molecule has 1 aromatic carbocycles. The van der Waals surface area contributed by atoms with Crippen molar-refractivity contribution in [3.05, 3.63) is 42.0 Å². The van der Waals surface area contributed by atoms with Gasteiger partial charge in [-0.2, -0.15) is 0 Å². The van der Waals surface area contributed by atoms with E-state index in [2.05, 4.69) is 4.98 Å². The number of hydrogen-bond donors (Lipinski definition) is 1. The van der Waals surface area contributed by atoms with E-state index in [1.54, 1.807) is 12.1 Å². The van der Waals surface area contributed by atoms with E-state index in [4.69, 9.17) is 10.5 Å². The molecule has 0 bridgehead atoms. The molecule has 2 rings (SSSR count). The van der Waals surface area contributed by atoms with Crippen molar-refractivity contribution in [2.24, 2.45) is 5.92 Å². The summed E-state index contributed by atoms with van der Waals surface area (Å²) in [5, 5.41) is 0.493. The summed E-state index contributed by atoms with van der Waals surface area (Å²) in [5.74, 6) is -0.344. The highest BCUT2D eigenvalue weighted by Crippen LogP contribution is 2.32. The van der Waals surface area contributed by atoms with Crippen molar-refractivity contribution in [2.75, 3.05) is 12.3 Å². The second-order valence-corrected chi connectivity index (χ2v) is 5.99. The molecule has 0 unspecified atom stereocenters. The Morgan fingerprint density at radius 2 is 2.00 bits per heavy atom. The van der Waals surface area contributed by atoms with Gasteiger partial charge in [0.25, 0.3) is 0 Å². The Labute approximate surface area is 126 Å². The topological polar surface area (TPSA) is 48.1 Å². The number of rotatable bonds is 5. The number of benzene rings is 1. The van der Waals surface area contributed by atoms with Crippen LogP contribution in [0.25, 0.3) is 0 Å². The minimum Gasteiger partial charge on any atom is -0.476 e. The lowest BCUT2D eigenvalue weighted by atomic mass is 10.2. The minimum absolute atomic E-state index is 0.169. The molecule has 21 heavy (non-hydrogen) atoms. The molecular weight excluding hydrogens is 294 g/mol. The third kappa shape index (κ3) is 4.32. The van der Waals surface area contributed by atoms with Crippen molar-refractivity contribution in [3.8, 4) is 5.88 Å². The average molecular weight is 310 g/mol. The zero-order chi connectivity index (χ0) is 15.4. The summed E-state index contributed by atoms with van der Waals surface area (Å²) in [7, 11) is 0. The second-order valence-electron chi connectivity index (χ2n) is 4.93. The van der Waals surface area contributed by atoms with Crippen molar-refractivity contribution in [1.82, 2.24) is 4.98 Å². The number of ether oxygens (including phenoxy) is 1. The van der Waals surface area contributed by atoms with Crippen LogP contribution in [0.5, 0.6) is 5.88 Å². The maximum Gasteiger partial charge on any atom is 0.238 e. The molecule has 0 aliphatic carbocycles. The van der Waals surface area contributed by atoms with E-state index in [9.17, 15) is 8.78 Å². The van der Waals surface area contributed by atoms with Crippen molar-refractivity contribution in [3.63, 3.8) is 0 Å². The Balaban J connectivity index is 2.20. The van der Waals surface area contributed by atoms with Crippen LogP contribution in [-0.4, -0.2) is 11.6 Å². The number of nitrogens with zero attached hydrogens (tertiary/aromatic N) is 1. The highest BCUT2D eigenvalue weighted by atomic mass is 32.2. The van der Waals surface area contributed by atoms with Crippen molar-refractivity contribution >= 4 is 17.4 Å². The van der Waals surface area contributed by atoms with Gasteiger partial charge in [-0.3, -0.25) is 0 Å². The standard InChI is InChI=1S/C15H16F2N2OS/c1-9(2)8-20-15-12(18)5-6-14(19-15)21-13-7-10(16)3-4-11(13)17/h3-7,9H,8,18H2,1-2H3. The van der Waals surface area contributed by atoms with Gasteiger partial charge < -0.3 is 10.5 Å². The SMILES string of the molecule is CC(C)COc1nc(Sc2cc(F)ccc2F)ccc1N. The van der Waals surface area contributed by atoms with Crippen molar-refractivity contribution < 1.29 is 13.5 Å². The molecule has 0 amide bonds. The van der Waals surface area contributed by atoms with Crippen LogP contribution in [-0.2, 0) is 0 Å². The van der Waals surface area contributed by atoms with Gasteiger partial charge in [-0.15, -0.1) is 0 Å². The number of pyridine rings is 1. The summed E-state index contributed by atoms with van der Waals surface area (Å²) in [6.45, 7) is 4.51. The summed E-state index contributed by atoms with van der Waals surface area (Å²) >= 11 is 1.02. The molecule has 112 valence electrons. The number of hydrogen-bond acceptors (Lipinski definition) is 4. The average Bonchev–Trinajstić information content (AvgIpc) is 2.43. The van der Waals surface area contributed by atoms with Crippen LogP contribution in [0.1, 0.15) is 13.8 Å². The first-order valence-corrected chi connectivity index (χ1v) is 7.29. The predicted molar refractivity (Wildman–Crippen MR) is 79.5 cm³/mol. The fourth-order valence-electron chi connectivity index (χ4n) is 1.52. The molecule has 0 spiro atoms. The maximum absolute atomic E-state index is 13.6. The first-order chi connectivity index (χ1) is 9.95. The normalized spacial score (nSPS) is 10.9. The molecule has 0 aliphatic rings. The highest BCUT2D eigenvalue weighted by molar-refractivity contribution is 7.99. The van der Waals surface area contributed by atoms with Gasteiger partial charge in [0.05, 0.1) is 17.2 Å². The van der Waals surface area contributed by atoms with Gasteiger partial charge in [-0.05, 0) is 36.2 Å². The van der Waals surface area contributed by atoms with E-state index in [-0.39, 0.29) is 4.90 Å². The largest absolute Gasteiger partial charge is 0.476 e. The lowest BCUT2D eigenvalue weighted by Gasteiger charge is -2.11. The fourth-order valence-corrected chi connectivity index (χ4v) is 2.35. The molecule has 0 saturated heterocycles. The van der Waals surface area contributed by atoms with Gasteiger partial charge in [-0.1, -0.05) is 25.6 Å². The number of anilines is 1. The van der Waals surface area contributed by atoms with Gasteiger partial charge in [0.1, 0.15) is 16.7 Å². The van der Waals surface area contributed by atoms with Gasteiger partial charge in [0, 0.05) is 0 Å². The van der Waals surface area contributed by atoms with Crippen LogP contribution >= 0.6 is 11.8 Å². The molecule has 1 heterocycles. The van der Waals surface area contributed by atoms with E-state index in [1.165, 1.54) is 0 Å². The third-order valence-electron chi connectivity index (χ3n) is 2.53. The first kappa shape index (κ1) is 15.6. The molecule has 3 nitrogen and oxygen atoms in total. The quantitative estimate of drug-likeness (QED) is 0.902. The molecule has 2 aromatic rings. The second kappa shape index (κ2) is 6.76. The van der Waals surface area contributed by atoms with Gasteiger partial charge >= 0.3 is 0 Å². The molecule has 0 fully saturated rings. The summed E-state index contributed by atoms with van der Waals surface area (Å²) in [5.41, 5.74) is 6.21. The lowest BCUT2D eigenvalue weighted by molar-refractivity contribution is 0.261. The number of aromatic nitrogens is 1. The third-order valence-corrected chi connectivity index (χ3v) is 3.49. The molecule has 0 radical (unpaired) electrons. The van der Waals surface area contributed by atoms with E-state index >= 15 is 0 Å². The summed E-state index contributed by atoms with van der Waals surface area (Å²) in [4.78, 5) is 4.41. The molecule has 6 heteroatoms. The lowest BCUT2D eigenvalue weighted by Crippen LogP contribution is -2.07. The van der Waals surface area contributed by atoms with Crippen molar-refractivity contribution in [2.45, 2.75) is 23.8 Å². The predicted octanol–water partition coefficient (Wildman–Crippen LogP) is 4.13. The molecule has 2 N–H and O–H groups in total. The number of nitrogen functional groups attached to an aromatic ring is 1. The van der Waals surface area contributed by atoms with E-state index in [0.29, 0.717) is 29.1 Å². The Bertz CT molecular complexity index is 635. The summed E-state index contributed by atoms with van der Waals surface area (Å²) in [6.07, 6.45) is 0. The fraction of sp³-hybridized carbons (Fsp3) is 0.267. The highest BCUT2D eigenvalue weighted by Gasteiger charge is 2.10. The van der Waals surface area contributed by atoms with Crippen LogP contribution in [0.3, 0.4) is 0 Å². The van der Waals surface area contributed by atoms with E-state index in [0.717, 1.165) is 30.0 Å². The number of halogens is 2. The Kier molecular flexibility index (Phi) is 5.01. The zero-order valence-electron chi connectivity index (χ0n) is 11.8. The van der Waals surface area contributed by atoms with Crippen LogP contribution in [0, 0.1) is 17.6 Å². The summed E-state index contributed by atoms with van der Waals surface area (Å²) in [6, 6.07) is 6.58. The first-order valence-electron chi connectivity index (χ1n) is 6.48. The van der Waals surface area contributed by atoms with Gasteiger partial charge in [0.2, 0.25) is 5.88 Å². The zero-order valence-corrected chi connectivity index (χ0v) is 12.6. The maximum atomic E-state index is 13.6. The van der Waals surface area contributed by atoms with E-state index in [1.807, 2.05) is 13.8 Å². The van der Waals surface area contributed by atoms with Crippen LogP contribution < -0.4 is 10.5 Å². The van der Waals surface area contributed by atoms with Crippen LogP contribution in [0.4, 0.5) is 14.5 Å². The number of nitrogens with two attached hydrogens (primary N) is 1. The van der Waals surface area contributed by atoms with Gasteiger partial charge in [0.15, 0.2) is 0 Å². The summed E-state index contributed by atoms with van der Waals surface area (Å²) < 4.78 is 32.3. The molecule has 0 saturated carbocycles. The van der Waals surface area contributed by atoms with Crippen LogP contribution in [0.15, 0.2) is 40.3 Å². The molecule has 0 atom stereocenters. The monoisotopic (exact) mass is 310 g/mol. The molecule has 0 aliphatic heterocycles. The van der Waals surface area contributed by atoms with Crippen molar-refractivity contribution in [1.29, 1.82) is 0 Å². The Morgan fingerprint density at radius 3 is 2.71 bits per heavy atom. The minimum atomic E-state index is -0.496. The smallest absolute Gasteiger partial charge is 0.238 e. The Hall–Kier alpha value is -1.82. The molecular formula is C15H16F2N2OS. The van der Waals surface area contributed by atoms with Gasteiger partial charge in [-0.25, -0.2) is 13.8 Å². The molecule has 1 aromatic heterocycles. The Morgan fingerprint density at radius 1 is 1.24 bits per heavy atom.